The Bertz CT molecular complexity index is 920. The number of carbonyl (C=O) groups is 1. The van der Waals surface area contributed by atoms with E-state index in [9.17, 15) is 4.79 Å². The fourth-order valence-corrected chi connectivity index (χ4v) is 3.81. The number of rotatable bonds is 6. The Kier molecular flexibility index (Phi) is 5.21. The Hall–Kier alpha value is -2.66. The van der Waals surface area contributed by atoms with Gasteiger partial charge in [0.05, 0.1) is 0 Å². The third-order valence-electron chi connectivity index (χ3n) is 5.30. The second-order valence-electron chi connectivity index (χ2n) is 7.09. The van der Waals surface area contributed by atoms with Crippen molar-refractivity contribution in [2.75, 3.05) is 19.6 Å². The highest BCUT2D eigenvalue weighted by Crippen LogP contribution is 2.20. The van der Waals surface area contributed by atoms with Crippen molar-refractivity contribution < 1.29 is 9.21 Å². The number of nitrogens with one attached hydrogen (secondary N) is 1. The SMILES string of the molecule is CCN1CCCC1CNC(=O)c1ccc2nc(Cc3ccccc3)oc2c1. The maximum atomic E-state index is 12.5. The molecule has 1 amide bonds. The summed E-state index contributed by atoms with van der Waals surface area (Å²) in [6, 6.07) is 16.0. The van der Waals surface area contributed by atoms with Crippen molar-refractivity contribution in [3.63, 3.8) is 0 Å². The first-order chi connectivity index (χ1) is 13.2. The van der Waals surface area contributed by atoms with Crippen molar-refractivity contribution in [1.29, 1.82) is 0 Å². The molecule has 5 nitrogen and oxygen atoms in total. The number of aromatic nitrogens is 1. The van der Waals surface area contributed by atoms with E-state index >= 15 is 0 Å². The number of amides is 1. The lowest BCUT2D eigenvalue weighted by Gasteiger charge is -2.22. The number of likely N-dealkylation sites (tertiary alicyclic amines) is 1. The summed E-state index contributed by atoms with van der Waals surface area (Å²) in [6.07, 6.45) is 3.01. The van der Waals surface area contributed by atoms with Crippen LogP contribution in [0.3, 0.4) is 0 Å². The molecule has 1 fully saturated rings. The second-order valence-corrected chi connectivity index (χ2v) is 7.09. The molecule has 1 N–H and O–H groups in total. The summed E-state index contributed by atoms with van der Waals surface area (Å²) in [6.45, 7) is 5.03. The summed E-state index contributed by atoms with van der Waals surface area (Å²) in [5, 5.41) is 3.07. The zero-order valence-electron chi connectivity index (χ0n) is 15.6. The molecule has 1 unspecified atom stereocenters. The average molecular weight is 363 g/mol. The standard InChI is InChI=1S/C22H25N3O2/c1-2-25-12-6-9-18(25)15-23-22(26)17-10-11-19-20(14-17)27-21(24-19)13-16-7-4-3-5-8-16/h3-5,7-8,10-11,14,18H,2,6,9,12-13,15H2,1H3,(H,23,26). The molecule has 0 bridgehead atoms. The maximum Gasteiger partial charge on any atom is 0.251 e. The third kappa shape index (κ3) is 4.03. The molecule has 140 valence electrons. The van der Waals surface area contributed by atoms with Crippen molar-refractivity contribution >= 4 is 17.0 Å². The molecule has 1 saturated heterocycles. The smallest absolute Gasteiger partial charge is 0.251 e. The van der Waals surface area contributed by atoms with Crippen molar-refractivity contribution in [3.8, 4) is 0 Å². The molecule has 3 aromatic rings. The first-order valence-corrected chi connectivity index (χ1v) is 9.68. The summed E-state index contributed by atoms with van der Waals surface area (Å²) in [4.78, 5) is 19.5. The Balaban J connectivity index is 1.44. The van der Waals surface area contributed by atoms with Gasteiger partial charge in [0.25, 0.3) is 5.91 Å². The molecule has 5 heteroatoms. The third-order valence-corrected chi connectivity index (χ3v) is 5.30. The molecular formula is C22H25N3O2. The van der Waals surface area contributed by atoms with E-state index in [1.807, 2.05) is 30.3 Å². The Morgan fingerprint density at radius 1 is 1.26 bits per heavy atom. The van der Waals surface area contributed by atoms with Gasteiger partial charge in [0.15, 0.2) is 11.5 Å². The lowest BCUT2D eigenvalue weighted by atomic mass is 10.1. The number of oxazole rings is 1. The molecule has 1 aromatic heterocycles. The van der Waals surface area contributed by atoms with Gasteiger partial charge in [-0.3, -0.25) is 9.69 Å². The van der Waals surface area contributed by atoms with Gasteiger partial charge in [0.2, 0.25) is 0 Å². The van der Waals surface area contributed by atoms with Crippen LogP contribution in [-0.2, 0) is 6.42 Å². The Labute approximate surface area is 159 Å². The number of hydrogen-bond donors (Lipinski definition) is 1. The summed E-state index contributed by atoms with van der Waals surface area (Å²) >= 11 is 0. The van der Waals surface area contributed by atoms with Crippen LogP contribution in [0.15, 0.2) is 52.9 Å². The first kappa shape index (κ1) is 17.7. The lowest BCUT2D eigenvalue weighted by molar-refractivity contribution is 0.0941. The van der Waals surface area contributed by atoms with Crippen LogP contribution in [0.4, 0.5) is 0 Å². The van der Waals surface area contributed by atoms with E-state index in [4.69, 9.17) is 4.42 Å². The van der Waals surface area contributed by atoms with Gasteiger partial charge < -0.3 is 9.73 Å². The molecule has 1 aliphatic heterocycles. The maximum absolute atomic E-state index is 12.5. The summed E-state index contributed by atoms with van der Waals surface area (Å²) in [5.74, 6) is 0.610. The molecule has 4 rings (SSSR count). The van der Waals surface area contributed by atoms with E-state index in [2.05, 4.69) is 34.3 Å². The van der Waals surface area contributed by atoms with Crippen molar-refractivity contribution in [2.45, 2.75) is 32.2 Å². The minimum atomic E-state index is -0.0548. The van der Waals surface area contributed by atoms with E-state index < -0.39 is 0 Å². The minimum absolute atomic E-state index is 0.0548. The highest BCUT2D eigenvalue weighted by atomic mass is 16.3. The first-order valence-electron chi connectivity index (χ1n) is 9.68. The summed E-state index contributed by atoms with van der Waals surface area (Å²) in [5.41, 5.74) is 3.21. The highest BCUT2D eigenvalue weighted by molar-refractivity contribution is 5.97. The van der Waals surface area contributed by atoms with E-state index in [1.54, 1.807) is 6.07 Å². The molecule has 0 radical (unpaired) electrons. The molecule has 2 heterocycles. The van der Waals surface area contributed by atoms with Crippen LogP contribution in [0.2, 0.25) is 0 Å². The Morgan fingerprint density at radius 3 is 2.93 bits per heavy atom. The van der Waals surface area contributed by atoms with Crippen LogP contribution in [0.25, 0.3) is 11.1 Å². The van der Waals surface area contributed by atoms with Gasteiger partial charge in [-0.15, -0.1) is 0 Å². The normalized spacial score (nSPS) is 17.4. The molecule has 2 aromatic carbocycles. The van der Waals surface area contributed by atoms with Crippen LogP contribution >= 0.6 is 0 Å². The second kappa shape index (κ2) is 7.92. The number of fused-ring (bicyclic) bond motifs is 1. The topological polar surface area (TPSA) is 58.4 Å². The number of benzene rings is 2. The summed E-state index contributed by atoms with van der Waals surface area (Å²) in [7, 11) is 0. The van der Waals surface area contributed by atoms with E-state index in [1.165, 1.54) is 6.42 Å². The van der Waals surface area contributed by atoms with Crippen LogP contribution in [-0.4, -0.2) is 41.5 Å². The molecule has 1 aliphatic rings. The number of likely N-dealkylation sites (N-methyl/N-ethyl adjacent to an activating group) is 1. The predicted octanol–water partition coefficient (Wildman–Crippen LogP) is 3.63. The van der Waals surface area contributed by atoms with Gasteiger partial charge >= 0.3 is 0 Å². The fraction of sp³-hybridized carbons (Fsp3) is 0.364. The monoisotopic (exact) mass is 363 g/mol. The van der Waals surface area contributed by atoms with Gasteiger partial charge in [-0.2, -0.15) is 0 Å². The molecule has 27 heavy (non-hydrogen) atoms. The molecule has 1 atom stereocenters. The van der Waals surface area contributed by atoms with Crippen LogP contribution in [0, 0.1) is 0 Å². The van der Waals surface area contributed by atoms with Crippen LogP contribution in [0.1, 0.15) is 41.6 Å². The van der Waals surface area contributed by atoms with Gasteiger partial charge in [0.1, 0.15) is 5.52 Å². The predicted molar refractivity (Wildman–Crippen MR) is 106 cm³/mol. The van der Waals surface area contributed by atoms with Gasteiger partial charge in [0, 0.05) is 24.6 Å². The fourth-order valence-electron chi connectivity index (χ4n) is 3.81. The average Bonchev–Trinajstić information content (AvgIpc) is 3.31. The molecular weight excluding hydrogens is 338 g/mol. The van der Waals surface area contributed by atoms with Crippen LogP contribution < -0.4 is 5.32 Å². The van der Waals surface area contributed by atoms with Crippen LogP contribution in [0.5, 0.6) is 0 Å². The van der Waals surface area contributed by atoms with Crippen molar-refractivity contribution in [3.05, 3.63) is 65.5 Å². The lowest BCUT2D eigenvalue weighted by Crippen LogP contribution is -2.40. The van der Waals surface area contributed by atoms with E-state index in [-0.39, 0.29) is 5.91 Å². The van der Waals surface area contributed by atoms with E-state index in [0.29, 0.717) is 36.0 Å². The molecule has 0 aliphatic carbocycles. The number of hydrogen-bond acceptors (Lipinski definition) is 4. The van der Waals surface area contributed by atoms with E-state index in [0.717, 1.165) is 30.6 Å². The minimum Gasteiger partial charge on any atom is -0.440 e. The van der Waals surface area contributed by atoms with Gasteiger partial charge in [-0.05, 0) is 49.7 Å². The van der Waals surface area contributed by atoms with Crippen molar-refractivity contribution in [2.24, 2.45) is 0 Å². The number of nitrogens with zero attached hydrogens (tertiary/aromatic N) is 2. The zero-order valence-corrected chi connectivity index (χ0v) is 15.6. The Morgan fingerprint density at radius 2 is 2.11 bits per heavy atom. The number of carbonyl (C=O) groups excluding carboxylic acids is 1. The molecule has 0 saturated carbocycles. The van der Waals surface area contributed by atoms with Crippen molar-refractivity contribution in [1.82, 2.24) is 15.2 Å². The molecule has 0 spiro atoms. The summed E-state index contributed by atoms with van der Waals surface area (Å²) < 4.78 is 5.88. The van der Waals surface area contributed by atoms with Gasteiger partial charge in [-0.1, -0.05) is 37.3 Å². The largest absolute Gasteiger partial charge is 0.440 e. The van der Waals surface area contributed by atoms with Gasteiger partial charge in [-0.25, -0.2) is 4.98 Å². The highest BCUT2D eigenvalue weighted by Gasteiger charge is 2.23. The quantitative estimate of drug-likeness (QED) is 0.726. The zero-order chi connectivity index (χ0) is 18.6.